The zero-order valence-corrected chi connectivity index (χ0v) is 31.0. The minimum absolute atomic E-state index is 0. The van der Waals surface area contributed by atoms with Gasteiger partial charge in [0.05, 0.1) is 8.07 Å². The number of aryl methyl sites for hydroxylation is 1. The number of aromatic nitrogens is 2. The van der Waals surface area contributed by atoms with Crippen LogP contribution in [0.4, 0.5) is 0 Å². The summed E-state index contributed by atoms with van der Waals surface area (Å²) in [5.41, 5.74) is 7.93. The molecule has 0 N–H and O–H groups in total. The van der Waals surface area contributed by atoms with Gasteiger partial charge in [-0.05, 0) is 50.4 Å². The molecule has 0 aliphatic rings. The third kappa shape index (κ3) is 6.76. The molecule has 0 unspecified atom stereocenters. The summed E-state index contributed by atoms with van der Waals surface area (Å²) in [6.45, 7) is 9.24. The van der Waals surface area contributed by atoms with Crippen LogP contribution in [0.1, 0.15) is 5.56 Å². The summed E-state index contributed by atoms with van der Waals surface area (Å²) in [5.74, 6) is 0. The molecule has 0 saturated heterocycles. The van der Waals surface area contributed by atoms with Crippen molar-refractivity contribution in [1.29, 1.82) is 0 Å². The molecule has 5 aromatic carbocycles. The molecule has 0 amide bonds. The van der Waals surface area contributed by atoms with Gasteiger partial charge >= 0.3 is 0 Å². The Hall–Kier alpha value is -4.25. The van der Waals surface area contributed by atoms with Crippen molar-refractivity contribution in [2.24, 2.45) is 0 Å². The normalized spacial score (nSPS) is 11.2. The molecule has 3 heterocycles. The van der Waals surface area contributed by atoms with Crippen LogP contribution in [0, 0.1) is 19.1 Å². The molecule has 1 radical (unpaired) electrons. The van der Waals surface area contributed by atoms with Crippen molar-refractivity contribution in [1.82, 2.24) is 9.97 Å². The van der Waals surface area contributed by atoms with E-state index in [0.717, 1.165) is 27.9 Å². The third-order valence-electron chi connectivity index (χ3n) is 8.33. The van der Waals surface area contributed by atoms with Crippen LogP contribution in [0.15, 0.2) is 134 Å². The van der Waals surface area contributed by atoms with Crippen molar-refractivity contribution in [2.75, 3.05) is 0 Å². The van der Waals surface area contributed by atoms with Crippen molar-refractivity contribution >= 4 is 55.5 Å². The Bertz CT molecular complexity index is 2310. The number of hydrogen-bond donors (Lipinski definition) is 0. The first kappa shape index (κ1) is 32.7. The van der Waals surface area contributed by atoms with Gasteiger partial charge in [-0.3, -0.25) is 0 Å². The molecule has 5 heteroatoms. The Morgan fingerprint density at radius 1 is 0.681 bits per heavy atom. The molecule has 0 saturated carbocycles. The van der Waals surface area contributed by atoms with Crippen LogP contribution in [-0.4, -0.2) is 18.0 Å². The van der Waals surface area contributed by atoms with E-state index in [4.69, 9.17) is 4.98 Å². The molecule has 2 nitrogen and oxygen atoms in total. The first-order valence-corrected chi connectivity index (χ1v) is 19.9. The first-order chi connectivity index (χ1) is 22.4. The van der Waals surface area contributed by atoms with Gasteiger partial charge in [0.1, 0.15) is 0 Å². The fourth-order valence-corrected chi connectivity index (χ4v) is 9.01. The second-order valence-corrected chi connectivity index (χ2v) is 18.7. The van der Waals surface area contributed by atoms with Crippen molar-refractivity contribution < 1.29 is 20.1 Å². The Balaban J connectivity index is 0.000000185. The molecule has 233 valence electrons. The van der Waals surface area contributed by atoms with E-state index in [-0.39, 0.29) is 20.1 Å². The molecule has 0 bridgehead atoms. The molecule has 0 atom stereocenters. The topological polar surface area (TPSA) is 25.8 Å². The van der Waals surface area contributed by atoms with Crippen LogP contribution in [0.5, 0.6) is 0 Å². The number of rotatable bonds is 4. The smallest absolute Gasteiger partial charge is 0.0798 e. The van der Waals surface area contributed by atoms with E-state index in [1.54, 1.807) is 0 Å². The molecule has 0 fully saturated rings. The standard InChI is InChI=1S/C27H16NS.C15H18NSi.Ir/c1-2-8-18(9-3-1)21-14-15-22(24-16-19-10-4-5-11-20(19)17-28-24)27-26(21)23-12-6-7-13-25(23)29-27;1-12-10-14(13-8-6-5-7-9-13)16-11-15(12)17(2,3)4;/h1-14,16-17H;5-8,10-11H,1-4H3;/q2*-1;. The number of nitrogens with zero attached hydrogens (tertiary/aromatic N) is 2. The molecule has 8 rings (SSSR count). The number of hydrogen-bond acceptors (Lipinski definition) is 3. The number of fused-ring (bicyclic) bond motifs is 4. The van der Waals surface area contributed by atoms with Gasteiger partial charge in [0, 0.05) is 37.2 Å². The van der Waals surface area contributed by atoms with Gasteiger partial charge in [0.15, 0.2) is 0 Å². The summed E-state index contributed by atoms with van der Waals surface area (Å²) < 4.78 is 2.54. The van der Waals surface area contributed by atoms with Gasteiger partial charge < -0.3 is 9.97 Å². The monoisotopic (exact) mass is 819 g/mol. The maximum atomic E-state index is 4.78. The fraction of sp³-hybridized carbons (Fsp3) is 0.0952. The van der Waals surface area contributed by atoms with Crippen molar-refractivity contribution in [3.63, 3.8) is 0 Å². The summed E-state index contributed by atoms with van der Waals surface area (Å²) in [6.07, 6.45) is 4.01. The van der Waals surface area contributed by atoms with Gasteiger partial charge in [0.25, 0.3) is 0 Å². The van der Waals surface area contributed by atoms with Crippen LogP contribution in [0.2, 0.25) is 19.6 Å². The molecule has 0 spiro atoms. The predicted molar refractivity (Wildman–Crippen MR) is 201 cm³/mol. The number of benzene rings is 5. The number of thiophene rings is 1. The molecule has 8 aromatic rings. The van der Waals surface area contributed by atoms with Gasteiger partial charge in [-0.1, -0.05) is 127 Å². The Kier molecular flexibility index (Phi) is 9.63. The van der Waals surface area contributed by atoms with E-state index >= 15 is 0 Å². The molecular formula is C42H34IrN2SSi-2. The molecule has 0 aliphatic carbocycles. The maximum Gasteiger partial charge on any atom is 0.0798 e. The number of pyridine rings is 2. The van der Waals surface area contributed by atoms with E-state index in [0.29, 0.717) is 0 Å². The van der Waals surface area contributed by atoms with Crippen LogP contribution in [0.25, 0.3) is 64.6 Å². The molecule has 47 heavy (non-hydrogen) atoms. The van der Waals surface area contributed by atoms with E-state index < -0.39 is 8.07 Å². The van der Waals surface area contributed by atoms with Crippen LogP contribution in [0.3, 0.4) is 0 Å². The van der Waals surface area contributed by atoms with Gasteiger partial charge in [0.2, 0.25) is 0 Å². The minimum atomic E-state index is -1.27. The summed E-state index contributed by atoms with van der Waals surface area (Å²) in [6, 6.07) is 48.8. The molecule has 3 aromatic heterocycles. The van der Waals surface area contributed by atoms with Crippen LogP contribution < -0.4 is 5.19 Å². The quantitative estimate of drug-likeness (QED) is 0.131. The zero-order chi connectivity index (χ0) is 31.7. The molecule has 0 aliphatic heterocycles. The summed E-state index contributed by atoms with van der Waals surface area (Å²) in [5, 5.41) is 6.39. The van der Waals surface area contributed by atoms with Gasteiger partial charge in [-0.2, -0.15) is 11.3 Å². The molecular weight excluding hydrogens is 785 g/mol. The predicted octanol–water partition coefficient (Wildman–Crippen LogP) is 11.1. The summed E-state index contributed by atoms with van der Waals surface area (Å²) in [4.78, 5) is 9.35. The van der Waals surface area contributed by atoms with Crippen molar-refractivity contribution in [3.05, 3.63) is 151 Å². The summed E-state index contributed by atoms with van der Waals surface area (Å²) in [7, 11) is -1.27. The minimum Gasteiger partial charge on any atom is -0.305 e. The summed E-state index contributed by atoms with van der Waals surface area (Å²) >= 11 is 1.83. The maximum absolute atomic E-state index is 4.78. The fourth-order valence-electron chi connectivity index (χ4n) is 6.07. The van der Waals surface area contributed by atoms with Crippen LogP contribution in [-0.2, 0) is 20.1 Å². The second-order valence-electron chi connectivity index (χ2n) is 12.6. The second kappa shape index (κ2) is 13.8. The average molecular weight is 819 g/mol. The Labute approximate surface area is 295 Å². The SMILES string of the molecule is Cc1cc(-c2[c-]cccc2)ncc1[Si](C)(C)C.[Ir].[c-]1cc(-c2ccccc2)c2c(sc3ccccc32)c1-c1cc2ccccc2cn1. The third-order valence-corrected chi connectivity index (χ3v) is 11.7. The van der Waals surface area contributed by atoms with Crippen molar-refractivity contribution in [3.8, 4) is 33.6 Å². The van der Waals surface area contributed by atoms with Gasteiger partial charge in [-0.15, -0.1) is 53.6 Å². The van der Waals surface area contributed by atoms with E-state index in [1.807, 2.05) is 35.7 Å². The zero-order valence-electron chi connectivity index (χ0n) is 26.8. The van der Waals surface area contributed by atoms with E-state index in [2.05, 4.69) is 153 Å². The first-order valence-electron chi connectivity index (χ1n) is 15.6. The Morgan fingerprint density at radius 2 is 1.38 bits per heavy atom. The van der Waals surface area contributed by atoms with Crippen molar-refractivity contribution in [2.45, 2.75) is 26.6 Å². The van der Waals surface area contributed by atoms with Crippen LogP contribution >= 0.6 is 11.3 Å². The van der Waals surface area contributed by atoms with E-state index in [1.165, 1.54) is 47.4 Å². The average Bonchev–Trinajstić information content (AvgIpc) is 3.48. The Morgan fingerprint density at radius 3 is 2.13 bits per heavy atom. The van der Waals surface area contributed by atoms with E-state index in [9.17, 15) is 0 Å². The van der Waals surface area contributed by atoms with Gasteiger partial charge in [-0.25, -0.2) is 0 Å². The largest absolute Gasteiger partial charge is 0.305 e.